The van der Waals surface area contributed by atoms with Crippen LogP contribution in [-0.4, -0.2) is 32.8 Å². The van der Waals surface area contributed by atoms with Gasteiger partial charge in [-0.15, -0.1) is 6.42 Å². The molecule has 11 atom stereocenters. The third-order valence-corrected chi connectivity index (χ3v) is 14.4. The van der Waals surface area contributed by atoms with Crippen molar-refractivity contribution in [1.29, 1.82) is 0 Å². The fourth-order valence-corrected chi connectivity index (χ4v) is 12.0. The third kappa shape index (κ3) is 4.20. The Bertz CT molecular complexity index is 1320. The van der Waals surface area contributed by atoms with Gasteiger partial charge in [0.05, 0.1) is 6.10 Å². The van der Waals surface area contributed by atoms with Crippen molar-refractivity contribution in [1.82, 2.24) is 0 Å². The molecule has 7 aliphatic carbocycles. The molecule has 5 saturated carbocycles. The summed E-state index contributed by atoms with van der Waals surface area (Å²) >= 11 is 0. The average Bonchev–Trinajstić information content (AvgIpc) is 3.44. The molecule has 7 aliphatic rings. The van der Waals surface area contributed by atoms with Crippen molar-refractivity contribution in [2.45, 2.75) is 121 Å². The number of aliphatic hydroxyl groups excluding tert-OH is 1. The van der Waals surface area contributed by atoms with Gasteiger partial charge in [-0.05, 0) is 160 Å². The molecule has 8 rings (SSSR count). The molecule has 1 unspecified atom stereocenters. The molecule has 0 saturated heterocycles. The minimum Gasteiger partial charge on any atom is -0.508 e. The largest absolute Gasteiger partial charge is 0.508 e. The molecule has 1 aromatic rings. The molecular formula is C38H50O4. The van der Waals surface area contributed by atoms with E-state index < -0.39 is 5.60 Å². The van der Waals surface area contributed by atoms with Crippen LogP contribution in [-0.2, 0) is 11.2 Å². The predicted octanol–water partition coefficient (Wildman–Crippen LogP) is 7.10. The number of aryl methyl sites for hydroxylation is 1. The van der Waals surface area contributed by atoms with Crippen molar-refractivity contribution in [3.05, 3.63) is 41.0 Å². The molecule has 42 heavy (non-hydrogen) atoms. The summed E-state index contributed by atoms with van der Waals surface area (Å²) < 4.78 is 0. The average molecular weight is 571 g/mol. The number of phenolic OH excluding ortho intramolecular Hbond substituents is 1. The van der Waals surface area contributed by atoms with Gasteiger partial charge in [0, 0.05) is 11.8 Å². The molecule has 5 fully saturated rings. The van der Waals surface area contributed by atoms with E-state index in [2.05, 4.69) is 25.8 Å². The van der Waals surface area contributed by atoms with Crippen LogP contribution in [0.3, 0.4) is 0 Å². The van der Waals surface area contributed by atoms with Crippen molar-refractivity contribution in [2.24, 2.45) is 46.3 Å². The lowest BCUT2D eigenvalue weighted by Gasteiger charge is -2.54. The Kier molecular flexibility index (Phi) is 6.99. The Morgan fingerprint density at radius 1 is 0.833 bits per heavy atom. The molecule has 0 amide bonds. The van der Waals surface area contributed by atoms with Gasteiger partial charge in [-0.2, -0.15) is 0 Å². The fourth-order valence-electron chi connectivity index (χ4n) is 12.0. The van der Waals surface area contributed by atoms with Crippen molar-refractivity contribution >= 4 is 5.78 Å². The third-order valence-electron chi connectivity index (χ3n) is 14.4. The van der Waals surface area contributed by atoms with Gasteiger partial charge in [-0.3, -0.25) is 4.79 Å². The number of carbonyl (C=O) groups is 1. The van der Waals surface area contributed by atoms with Gasteiger partial charge in [-0.25, -0.2) is 0 Å². The highest BCUT2D eigenvalue weighted by Crippen LogP contribution is 2.65. The number of hydrogen-bond acceptors (Lipinski definition) is 4. The summed E-state index contributed by atoms with van der Waals surface area (Å²) in [5.74, 6) is 8.15. The highest BCUT2D eigenvalue weighted by Gasteiger charge is 2.62. The number of allylic oxidation sites excluding steroid dienone is 1. The summed E-state index contributed by atoms with van der Waals surface area (Å²) in [6.45, 7) is 4.55. The lowest BCUT2D eigenvalue weighted by Crippen LogP contribution is -2.52. The number of terminal acetylenes is 1. The van der Waals surface area contributed by atoms with Crippen molar-refractivity contribution in [2.75, 3.05) is 0 Å². The van der Waals surface area contributed by atoms with Crippen molar-refractivity contribution < 1.29 is 20.1 Å². The van der Waals surface area contributed by atoms with Gasteiger partial charge in [0.25, 0.3) is 0 Å². The molecule has 0 spiro atoms. The van der Waals surface area contributed by atoms with E-state index in [0.29, 0.717) is 47.0 Å². The maximum Gasteiger partial charge on any atom is 0.155 e. The first-order chi connectivity index (χ1) is 20.1. The van der Waals surface area contributed by atoms with E-state index >= 15 is 0 Å². The van der Waals surface area contributed by atoms with Gasteiger partial charge in [-0.1, -0.05) is 31.4 Å². The number of carbonyl (C=O) groups excluding carboxylic acids is 1. The van der Waals surface area contributed by atoms with Gasteiger partial charge in [0.1, 0.15) is 11.4 Å². The Morgan fingerprint density at radius 3 is 2.45 bits per heavy atom. The number of benzene rings is 1. The highest BCUT2D eigenvalue weighted by molar-refractivity contribution is 5.91. The molecule has 0 radical (unpaired) electrons. The molecule has 3 N–H and O–H groups in total. The van der Waals surface area contributed by atoms with Crippen LogP contribution >= 0.6 is 0 Å². The zero-order chi connectivity index (χ0) is 29.4. The van der Waals surface area contributed by atoms with E-state index in [-0.39, 0.29) is 16.9 Å². The molecule has 0 heterocycles. The van der Waals surface area contributed by atoms with Crippen LogP contribution in [0.15, 0.2) is 29.8 Å². The summed E-state index contributed by atoms with van der Waals surface area (Å²) in [5.41, 5.74) is 3.41. The van der Waals surface area contributed by atoms with Crippen LogP contribution in [0.5, 0.6) is 5.75 Å². The van der Waals surface area contributed by atoms with Gasteiger partial charge >= 0.3 is 0 Å². The Morgan fingerprint density at radius 2 is 1.64 bits per heavy atom. The molecule has 4 nitrogen and oxygen atoms in total. The highest BCUT2D eigenvalue weighted by atomic mass is 16.3. The lowest BCUT2D eigenvalue weighted by atomic mass is 9.50. The van der Waals surface area contributed by atoms with Gasteiger partial charge in [0.15, 0.2) is 5.78 Å². The summed E-state index contributed by atoms with van der Waals surface area (Å²) in [6, 6.07) is 5.96. The summed E-state index contributed by atoms with van der Waals surface area (Å²) in [5, 5.41) is 31.0. The van der Waals surface area contributed by atoms with E-state index in [1.54, 1.807) is 0 Å². The van der Waals surface area contributed by atoms with Crippen LogP contribution in [0.4, 0.5) is 0 Å². The van der Waals surface area contributed by atoms with Crippen molar-refractivity contribution in [3.63, 3.8) is 0 Å². The maximum absolute atomic E-state index is 11.7. The number of aromatic hydroxyl groups is 1. The maximum atomic E-state index is 11.7. The number of ketones is 1. The number of fused-ring (bicyclic) bond motifs is 10. The van der Waals surface area contributed by atoms with Crippen LogP contribution in [0.2, 0.25) is 0 Å². The van der Waals surface area contributed by atoms with E-state index in [1.165, 1.54) is 42.4 Å². The van der Waals surface area contributed by atoms with Gasteiger partial charge in [0.2, 0.25) is 0 Å². The Hall–Kier alpha value is -2.09. The standard InChI is InChI=1S/C20H26O2.C18H24O2/c1-3-20(22)11-9-18-17-6-4-13-12-14(21)5-7-15(13)16(17)8-10-19(18,20)2;1-18-9-8-14-13-5-3-12(19)10-11(13)2-4-15(14)16(18)6-7-17(18)20/h1,12,15-18,22H,4-11H2,2H3;3,5,10,14-17,19-20H,2,4,6-9H2,1H3/t15?,16-,17-,18+,19+,20+;14-,15-,16+,17+,18+/m11/s1. The van der Waals surface area contributed by atoms with Crippen LogP contribution < -0.4 is 0 Å². The molecule has 4 heteroatoms. The van der Waals surface area contributed by atoms with Crippen LogP contribution in [0.25, 0.3) is 0 Å². The second-order valence-corrected chi connectivity index (χ2v) is 15.7. The first-order valence-electron chi connectivity index (χ1n) is 17.0. The normalized spacial score (nSPS) is 46.7. The molecule has 1 aromatic carbocycles. The summed E-state index contributed by atoms with van der Waals surface area (Å²) in [7, 11) is 0. The smallest absolute Gasteiger partial charge is 0.155 e. The zero-order valence-corrected chi connectivity index (χ0v) is 25.7. The summed E-state index contributed by atoms with van der Waals surface area (Å²) in [6.07, 6.45) is 22.5. The van der Waals surface area contributed by atoms with Crippen molar-refractivity contribution in [3.8, 4) is 18.1 Å². The molecule has 226 valence electrons. The van der Waals surface area contributed by atoms with E-state index in [9.17, 15) is 20.1 Å². The number of aliphatic hydroxyl groups is 2. The van der Waals surface area contributed by atoms with E-state index in [4.69, 9.17) is 6.42 Å². The second-order valence-electron chi connectivity index (χ2n) is 15.7. The topological polar surface area (TPSA) is 77.8 Å². The minimum atomic E-state index is -0.902. The molecular weight excluding hydrogens is 520 g/mol. The number of phenols is 1. The summed E-state index contributed by atoms with van der Waals surface area (Å²) in [4.78, 5) is 11.7. The van der Waals surface area contributed by atoms with E-state index in [1.807, 2.05) is 18.2 Å². The Labute approximate surface area is 252 Å². The fraction of sp³-hybridized carbons (Fsp3) is 0.711. The van der Waals surface area contributed by atoms with Crippen LogP contribution in [0.1, 0.15) is 114 Å². The molecule has 0 aromatic heterocycles. The Balaban J connectivity index is 0.000000138. The van der Waals surface area contributed by atoms with Gasteiger partial charge < -0.3 is 15.3 Å². The van der Waals surface area contributed by atoms with E-state index in [0.717, 1.165) is 70.1 Å². The lowest BCUT2D eigenvalue weighted by molar-refractivity contribution is -0.116. The molecule has 0 aliphatic heterocycles. The predicted molar refractivity (Wildman–Crippen MR) is 165 cm³/mol. The number of hydrogen-bond donors (Lipinski definition) is 3. The minimum absolute atomic E-state index is 0.0883. The van der Waals surface area contributed by atoms with Crippen LogP contribution in [0, 0.1) is 58.7 Å². The first kappa shape index (κ1) is 28.7. The second kappa shape index (κ2) is 10.2. The zero-order valence-electron chi connectivity index (χ0n) is 25.7. The number of rotatable bonds is 0. The SMILES string of the molecule is C#C[C@]1(O)CC[C@H]2[C@@H]3CCC4=CC(=O)CCC4[C@H]3CC[C@@]21C.C[C@]12CC[C@@H]3c4ccc(O)cc4CC[C@H]3[C@@H]1CC[C@@H]2O. The first-order valence-corrected chi connectivity index (χ1v) is 17.0. The quantitative estimate of drug-likeness (QED) is 0.291. The monoisotopic (exact) mass is 570 g/mol. The molecule has 0 bridgehead atoms.